The van der Waals surface area contributed by atoms with E-state index < -0.39 is 6.43 Å². The molecular formula is C10H9F2N. The first-order chi connectivity index (χ1) is 6.18. The van der Waals surface area contributed by atoms with Crippen molar-refractivity contribution in [2.75, 3.05) is 0 Å². The second kappa shape index (κ2) is 2.83. The molecule has 0 fully saturated rings. The molecule has 1 heterocycles. The molecule has 2 rings (SSSR count). The SMILES string of the molecule is Cc1cc2cccc(C(F)F)c2[nH]1. The number of hydrogen-bond donors (Lipinski definition) is 1. The number of para-hydroxylation sites is 1. The zero-order valence-electron chi connectivity index (χ0n) is 7.14. The molecule has 0 saturated heterocycles. The number of H-pyrrole nitrogens is 1. The van der Waals surface area contributed by atoms with Crippen molar-refractivity contribution in [3.63, 3.8) is 0 Å². The highest BCUT2D eigenvalue weighted by Crippen LogP contribution is 2.27. The average Bonchev–Trinajstić information content (AvgIpc) is 2.43. The molecule has 1 aromatic heterocycles. The van der Waals surface area contributed by atoms with Crippen LogP contribution in [-0.2, 0) is 0 Å². The average molecular weight is 181 g/mol. The van der Waals surface area contributed by atoms with E-state index in [1.165, 1.54) is 6.07 Å². The lowest BCUT2D eigenvalue weighted by Gasteiger charge is -2.00. The van der Waals surface area contributed by atoms with Gasteiger partial charge < -0.3 is 4.98 Å². The number of benzene rings is 1. The summed E-state index contributed by atoms with van der Waals surface area (Å²) in [6.45, 7) is 1.86. The first-order valence-corrected chi connectivity index (χ1v) is 4.05. The summed E-state index contributed by atoms with van der Waals surface area (Å²) in [5.74, 6) is 0. The summed E-state index contributed by atoms with van der Waals surface area (Å²) in [6.07, 6.45) is -2.42. The van der Waals surface area contributed by atoms with Gasteiger partial charge in [-0.15, -0.1) is 0 Å². The zero-order chi connectivity index (χ0) is 9.42. The Labute approximate surface area is 74.4 Å². The van der Waals surface area contributed by atoms with Gasteiger partial charge >= 0.3 is 0 Å². The zero-order valence-corrected chi connectivity index (χ0v) is 7.14. The number of alkyl halides is 2. The van der Waals surface area contributed by atoms with E-state index in [-0.39, 0.29) is 5.56 Å². The van der Waals surface area contributed by atoms with Crippen LogP contribution in [0, 0.1) is 6.92 Å². The quantitative estimate of drug-likeness (QED) is 0.693. The van der Waals surface area contributed by atoms with E-state index in [1.807, 2.05) is 19.1 Å². The third-order valence-corrected chi connectivity index (χ3v) is 2.06. The molecule has 0 aliphatic heterocycles. The standard InChI is InChI=1S/C10H9F2N/c1-6-5-7-3-2-4-8(10(11)12)9(7)13-6/h2-5,10,13H,1H3. The van der Waals surface area contributed by atoms with Crippen molar-refractivity contribution in [2.24, 2.45) is 0 Å². The Morgan fingerprint density at radius 3 is 2.77 bits per heavy atom. The molecule has 1 nitrogen and oxygen atoms in total. The van der Waals surface area contributed by atoms with Crippen LogP contribution in [-0.4, -0.2) is 4.98 Å². The maximum absolute atomic E-state index is 12.5. The molecule has 2 aromatic rings. The number of aryl methyl sites for hydroxylation is 1. The van der Waals surface area contributed by atoms with Gasteiger partial charge in [0.25, 0.3) is 6.43 Å². The third-order valence-electron chi connectivity index (χ3n) is 2.06. The minimum atomic E-state index is -2.42. The van der Waals surface area contributed by atoms with E-state index in [0.717, 1.165) is 11.1 Å². The summed E-state index contributed by atoms with van der Waals surface area (Å²) in [5, 5.41) is 0.843. The fraction of sp³-hybridized carbons (Fsp3) is 0.200. The van der Waals surface area contributed by atoms with Crippen LogP contribution < -0.4 is 0 Å². The molecule has 0 aliphatic rings. The predicted octanol–water partition coefficient (Wildman–Crippen LogP) is 3.41. The highest BCUT2D eigenvalue weighted by molar-refractivity contribution is 5.83. The molecule has 0 atom stereocenters. The van der Waals surface area contributed by atoms with Crippen LogP contribution in [0.2, 0.25) is 0 Å². The molecular weight excluding hydrogens is 172 g/mol. The van der Waals surface area contributed by atoms with E-state index in [0.29, 0.717) is 5.52 Å². The molecule has 68 valence electrons. The van der Waals surface area contributed by atoms with Crippen molar-refractivity contribution in [1.82, 2.24) is 4.98 Å². The smallest absolute Gasteiger partial charge is 0.265 e. The normalized spacial score (nSPS) is 11.4. The van der Waals surface area contributed by atoms with E-state index in [4.69, 9.17) is 0 Å². The van der Waals surface area contributed by atoms with Crippen molar-refractivity contribution in [3.05, 3.63) is 35.5 Å². The Hall–Kier alpha value is -1.38. The maximum Gasteiger partial charge on any atom is 0.265 e. The number of fused-ring (bicyclic) bond motifs is 1. The molecule has 0 bridgehead atoms. The van der Waals surface area contributed by atoms with Crippen molar-refractivity contribution in [3.8, 4) is 0 Å². The van der Waals surface area contributed by atoms with Gasteiger partial charge in [-0.05, 0) is 13.0 Å². The van der Waals surface area contributed by atoms with Crippen molar-refractivity contribution in [2.45, 2.75) is 13.3 Å². The highest BCUT2D eigenvalue weighted by Gasteiger charge is 2.11. The van der Waals surface area contributed by atoms with Crippen LogP contribution in [0.3, 0.4) is 0 Å². The number of aromatic amines is 1. The van der Waals surface area contributed by atoms with Gasteiger partial charge in [0.15, 0.2) is 0 Å². The number of hydrogen-bond acceptors (Lipinski definition) is 0. The molecule has 1 aromatic carbocycles. The van der Waals surface area contributed by atoms with Gasteiger partial charge in [0.1, 0.15) is 0 Å². The number of nitrogens with one attached hydrogen (secondary N) is 1. The Morgan fingerprint density at radius 1 is 1.31 bits per heavy atom. The Balaban J connectivity index is 2.75. The first-order valence-electron chi connectivity index (χ1n) is 4.05. The van der Waals surface area contributed by atoms with Gasteiger partial charge in [-0.3, -0.25) is 0 Å². The number of aromatic nitrogens is 1. The van der Waals surface area contributed by atoms with Crippen LogP contribution in [0.15, 0.2) is 24.3 Å². The maximum atomic E-state index is 12.5. The van der Waals surface area contributed by atoms with Crippen LogP contribution in [0.1, 0.15) is 17.7 Å². The number of halogens is 2. The van der Waals surface area contributed by atoms with Crippen molar-refractivity contribution in [1.29, 1.82) is 0 Å². The largest absolute Gasteiger partial charge is 0.358 e. The van der Waals surface area contributed by atoms with E-state index in [2.05, 4.69) is 4.98 Å². The minimum absolute atomic E-state index is 0.0746. The Kier molecular flexibility index (Phi) is 1.79. The van der Waals surface area contributed by atoms with Crippen molar-refractivity contribution >= 4 is 10.9 Å². The topological polar surface area (TPSA) is 15.8 Å². The minimum Gasteiger partial charge on any atom is -0.358 e. The Bertz CT molecular complexity index is 431. The molecule has 1 N–H and O–H groups in total. The van der Waals surface area contributed by atoms with Gasteiger partial charge in [0.2, 0.25) is 0 Å². The highest BCUT2D eigenvalue weighted by atomic mass is 19.3. The number of rotatable bonds is 1. The monoisotopic (exact) mass is 181 g/mol. The molecule has 3 heteroatoms. The summed E-state index contributed by atoms with van der Waals surface area (Å²) in [4.78, 5) is 2.93. The fourth-order valence-corrected chi connectivity index (χ4v) is 1.50. The predicted molar refractivity (Wildman–Crippen MR) is 48.0 cm³/mol. The molecule has 0 radical (unpaired) electrons. The molecule has 0 unspecified atom stereocenters. The van der Waals surface area contributed by atoms with Crippen LogP contribution in [0.25, 0.3) is 10.9 Å². The van der Waals surface area contributed by atoms with E-state index in [1.54, 1.807) is 6.07 Å². The van der Waals surface area contributed by atoms with Crippen LogP contribution in [0.5, 0.6) is 0 Å². The molecule has 0 spiro atoms. The van der Waals surface area contributed by atoms with Gasteiger partial charge in [-0.25, -0.2) is 8.78 Å². The van der Waals surface area contributed by atoms with Crippen LogP contribution in [0.4, 0.5) is 8.78 Å². The lowest BCUT2D eigenvalue weighted by Crippen LogP contribution is -1.85. The van der Waals surface area contributed by atoms with Gasteiger partial charge in [-0.1, -0.05) is 18.2 Å². The van der Waals surface area contributed by atoms with Gasteiger partial charge in [-0.2, -0.15) is 0 Å². The lowest BCUT2D eigenvalue weighted by molar-refractivity contribution is 0.153. The molecule has 13 heavy (non-hydrogen) atoms. The fourth-order valence-electron chi connectivity index (χ4n) is 1.50. The van der Waals surface area contributed by atoms with Gasteiger partial charge in [0, 0.05) is 16.6 Å². The first kappa shape index (κ1) is 8.23. The summed E-state index contributed by atoms with van der Waals surface area (Å²) < 4.78 is 25.0. The molecule has 0 aliphatic carbocycles. The molecule has 0 amide bonds. The van der Waals surface area contributed by atoms with E-state index >= 15 is 0 Å². The third kappa shape index (κ3) is 1.30. The summed E-state index contributed by atoms with van der Waals surface area (Å²) >= 11 is 0. The van der Waals surface area contributed by atoms with E-state index in [9.17, 15) is 8.78 Å². The van der Waals surface area contributed by atoms with Crippen molar-refractivity contribution < 1.29 is 8.78 Å². The summed E-state index contributed by atoms with van der Waals surface area (Å²) in [7, 11) is 0. The van der Waals surface area contributed by atoms with Gasteiger partial charge in [0.05, 0.1) is 5.52 Å². The summed E-state index contributed by atoms with van der Waals surface area (Å²) in [6, 6.07) is 6.78. The summed E-state index contributed by atoms with van der Waals surface area (Å²) in [5.41, 5.74) is 1.53. The Morgan fingerprint density at radius 2 is 2.08 bits per heavy atom. The second-order valence-corrected chi connectivity index (χ2v) is 3.06. The van der Waals surface area contributed by atoms with Crippen LogP contribution >= 0.6 is 0 Å². The lowest BCUT2D eigenvalue weighted by atomic mass is 10.1. The molecule has 0 saturated carbocycles. The second-order valence-electron chi connectivity index (χ2n) is 3.06.